The van der Waals surface area contributed by atoms with Crippen molar-refractivity contribution >= 4 is 11.6 Å². The van der Waals surface area contributed by atoms with Gasteiger partial charge in [-0.05, 0) is 130 Å². The van der Waals surface area contributed by atoms with Gasteiger partial charge in [-0.3, -0.25) is 9.59 Å². The minimum Gasteiger partial charge on any atom is -0.457 e. The molecule has 4 unspecified atom stereocenters. The summed E-state index contributed by atoms with van der Waals surface area (Å²) in [6.07, 6.45) is 3.11. The molecule has 8 heteroatoms. The highest BCUT2D eigenvalue weighted by Gasteiger charge is 2.40. The zero-order chi connectivity index (χ0) is 32.5. The minimum atomic E-state index is -4.40. The first kappa shape index (κ1) is 32.1. The van der Waals surface area contributed by atoms with Crippen LogP contribution in [0, 0.1) is 23.7 Å². The van der Waals surface area contributed by atoms with Crippen LogP contribution < -0.4 is 4.74 Å². The van der Waals surface area contributed by atoms with Crippen LogP contribution in [-0.4, -0.2) is 60.6 Å². The molecule has 4 fully saturated rings. The van der Waals surface area contributed by atoms with Crippen molar-refractivity contribution in [1.29, 1.82) is 0 Å². The Labute approximate surface area is 275 Å². The lowest BCUT2D eigenvalue weighted by molar-refractivity contribution is -0.137. The van der Waals surface area contributed by atoms with E-state index in [-0.39, 0.29) is 23.4 Å². The number of carbonyl (C=O) groups excluding carboxylic acids is 2. The van der Waals surface area contributed by atoms with Crippen LogP contribution in [0.3, 0.4) is 0 Å². The Bertz CT molecular complexity index is 1550. The highest BCUT2D eigenvalue weighted by Crippen LogP contribution is 2.48. The molecule has 2 aliphatic heterocycles. The van der Waals surface area contributed by atoms with Gasteiger partial charge in [0.15, 0.2) is 11.6 Å². The monoisotopic (exact) mass is 644 g/mol. The molecule has 3 aromatic carbocycles. The Morgan fingerprint density at radius 2 is 1.19 bits per heavy atom. The van der Waals surface area contributed by atoms with Gasteiger partial charge in [0.2, 0.25) is 0 Å². The average Bonchev–Trinajstić information content (AvgIpc) is 4.03. The first-order valence-corrected chi connectivity index (χ1v) is 17.3. The lowest BCUT2D eigenvalue weighted by Crippen LogP contribution is -2.39. The number of ether oxygens (including phenoxy) is 1. The Morgan fingerprint density at radius 1 is 0.681 bits per heavy atom. The molecular formula is C39H43F3N2O3. The van der Waals surface area contributed by atoms with Crippen LogP contribution in [0.1, 0.15) is 82.7 Å². The summed E-state index contributed by atoms with van der Waals surface area (Å²) >= 11 is 0. The summed E-state index contributed by atoms with van der Waals surface area (Å²) in [6.45, 7) is 5.66. The summed E-state index contributed by atoms with van der Waals surface area (Å²) in [5.74, 6) is 3.39. The number of Topliss-reactive ketones (excluding diaryl/α,β-unsaturated/α-hetero) is 2. The molecule has 0 amide bonds. The summed E-state index contributed by atoms with van der Waals surface area (Å²) < 4.78 is 44.9. The minimum absolute atomic E-state index is 0.0627. The fraction of sp³-hybridized carbons (Fsp3) is 0.487. The van der Waals surface area contributed by atoms with Gasteiger partial charge >= 0.3 is 6.18 Å². The van der Waals surface area contributed by atoms with Gasteiger partial charge in [0.25, 0.3) is 0 Å². The number of ketones is 2. The fourth-order valence-electron chi connectivity index (χ4n) is 7.63. The summed E-state index contributed by atoms with van der Waals surface area (Å²) in [5.41, 5.74) is 1.66. The number of alkyl halides is 3. The number of benzene rings is 3. The summed E-state index contributed by atoms with van der Waals surface area (Å²) in [4.78, 5) is 31.1. The molecule has 7 rings (SSSR count). The zero-order valence-electron chi connectivity index (χ0n) is 26.8. The molecule has 248 valence electrons. The van der Waals surface area contributed by atoms with Crippen LogP contribution in [0.25, 0.3) is 0 Å². The van der Waals surface area contributed by atoms with E-state index in [1.54, 1.807) is 0 Å². The number of carbonyl (C=O) groups is 2. The van der Waals surface area contributed by atoms with E-state index in [4.69, 9.17) is 4.74 Å². The van der Waals surface area contributed by atoms with Crippen molar-refractivity contribution in [2.45, 2.75) is 57.0 Å². The highest BCUT2D eigenvalue weighted by molar-refractivity contribution is 5.98. The zero-order valence-corrected chi connectivity index (χ0v) is 26.8. The van der Waals surface area contributed by atoms with Gasteiger partial charge < -0.3 is 14.5 Å². The molecule has 47 heavy (non-hydrogen) atoms. The van der Waals surface area contributed by atoms with Gasteiger partial charge in [0.1, 0.15) is 11.5 Å². The fourth-order valence-corrected chi connectivity index (χ4v) is 7.63. The smallest absolute Gasteiger partial charge is 0.416 e. The quantitative estimate of drug-likeness (QED) is 0.196. The highest BCUT2D eigenvalue weighted by atomic mass is 19.4. The number of likely N-dealkylation sites (tertiary alicyclic amines) is 2. The molecule has 3 aromatic rings. The van der Waals surface area contributed by atoms with E-state index in [0.717, 1.165) is 94.2 Å². The van der Waals surface area contributed by atoms with E-state index < -0.39 is 11.7 Å². The van der Waals surface area contributed by atoms with E-state index in [2.05, 4.69) is 21.9 Å². The van der Waals surface area contributed by atoms with Crippen LogP contribution in [0.5, 0.6) is 11.5 Å². The largest absolute Gasteiger partial charge is 0.457 e. The second-order valence-electron chi connectivity index (χ2n) is 14.2. The Hall–Kier alpha value is -3.49. The predicted octanol–water partition coefficient (Wildman–Crippen LogP) is 8.50. The van der Waals surface area contributed by atoms with Crippen LogP contribution in [-0.2, 0) is 6.18 Å². The number of nitrogens with zero attached hydrogens (tertiary/aromatic N) is 2. The predicted molar refractivity (Wildman–Crippen MR) is 175 cm³/mol. The molecule has 0 N–H and O–H groups in total. The van der Waals surface area contributed by atoms with Crippen LogP contribution in [0.2, 0.25) is 0 Å². The molecule has 4 aliphatic rings. The number of piperidine rings is 2. The third-order valence-corrected chi connectivity index (χ3v) is 10.6. The van der Waals surface area contributed by atoms with Crippen LogP contribution >= 0.6 is 0 Å². The molecule has 5 nitrogen and oxygen atoms in total. The van der Waals surface area contributed by atoms with Gasteiger partial charge in [-0.1, -0.05) is 24.3 Å². The van der Waals surface area contributed by atoms with Crippen molar-refractivity contribution < 1.29 is 27.5 Å². The summed E-state index contributed by atoms with van der Waals surface area (Å²) in [6, 6.07) is 20.4. The second kappa shape index (κ2) is 13.6. The molecule has 0 radical (unpaired) electrons. The molecule has 0 bridgehead atoms. The third-order valence-electron chi connectivity index (χ3n) is 10.6. The molecule has 0 spiro atoms. The second-order valence-corrected chi connectivity index (χ2v) is 14.2. The maximum absolute atomic E-state index is 13.2. The van der Waals surface area contributed by atoms with Gasteiger partial charge in [-0.2, -0.15) is 13.2 Å². The van der Waals surface area contributed by atoms with Gasteiger partial charge in [0, 0.05) is 49.1 Å². The first-order chi connectivity index (χ1) is 22.7. The molecule has 4 atom stereocenters. The van der Waals surface area contributed by atoms with Crippen LogP contribution in [0.15, 0.2) is 72.8 Å². The van der Waals surface area contributed by atoms with Gasteiger partial charge in [-0.15, -0.1) is 0 Å². The van der Waals surface area contributed by atoms with E-state index in [1.807, 2.05) is 36.4 Å². The number of hydrogen-bond acceptors (Lipinski definition) is 5. The lowest BCUT2D eigenvalue weighted by Gasteiger charge is -2.32. The molecular weight excluding hydrogens is 601 g/mol. The van der Waals surface area contributed by atoms with Crippen molar-refractivity contribution in [3.05, 3.63) is 95.1 Å². The standard InChI is InChI=1S/C39H43F3N2O3/c40-39(41,42)33-13-7-28(8-14-33)37(45)31-4-2-20-44(24-31)25-32-21-36(32)27-9-15-34(16-10-27)47-35-17-11-29(12-18-35)38(46)30-3-1-19-43(23-30)22-26-5-6-26/h7-18,26,30-32,36H,1-6,19-25H2. The first-order valence-electron chi connectivity index (χ1n) is 17.3. The summed E-state index contributed by atoms with van der Waals surface area (Å²) in [5, 5.41) is 0. The molecule has 2 saturated heterocycles. The van der Waals surface area contributed by atoms with E-state index >= 15 is 0 Å². The van der Waals surface area contributed by atoms with Crippen molar-refractivity contribution in [2.75, 3.05) is 39.3 Å². The number of halogens is 3. The molecule has 0 aromatic heterocycles. The third kappa shape index (κ3) is 7.98. The number of hydrogen-bond donors (Lipinski definition) is 0. The SMILES string of the molecule is O=C(c1ccc(Oc2ccc(C3CC3CN3CCCC(C(=O)c4ccc(C(F)(F)F)cc4)C3)cc2)cc1)C1CCCN(CC2CC2)C1. The Kier molecular flexibility index (Phi) is 9.25. The van der Waals surface area contributed by atoms with Crippen molar-refractivity contribution in [2.24, 2.45) is 23.7 Å². The lowest BCUT2D eigenvalue weighted by atomic mass is 9.89. The Balaban J connectivity index is 0.875. The van der Waals surface area contributed by atoms with Crippen molar-refractivity contribution in [1.82, 2.24) is 9.80 Å². The van der Waals surface area contributed by atoms with Gasteiger partial charge in [-0.25, -0.2) is 0 Å². The molecule has 2 aliphatic carbocycles. The number of rotatable bonds is 11. The summed E-state index contributed by atoms with van der Waals surface area (Å²) in [7, 11) is 0. The van der Waals surface area contributed by atoms with Gasteiger partial charge in [0.05, 0.1) is 5.56 Å². The van der Waals surface area contributed by atoms with Crippen LogP contribution in [0.4, 0.5) is 13.2 Å². The maximum atomic E-state index is 13.2. The van der Waals surface area contributed by atoms with E-state index in [0.29, 0.717) is 29.7 Å². The maximum Gasteiger partial charge on any atom is 0.416 e. The average molecular weight is 645 g/mol. The normalized spacial score (nSPS) is 25.3. The van der Waals surface area contributed by atoms with E-state index in [1.165, 1.54) is 30.5 Å². The molecule has 2 saturated carbocycles. The van der Waals surface area contributed by atoms with Crippen molar-refractivity contribution in [3.63, 3.8) is 0 Å². The van der Waals surface area contributed by atoms with E-state index in [9.17, 15) is 22.8 Å². The molecule has 2 heterocycles. The Morgan fingerprint density at radius 3 is 1.72 bits per heavy atom. The topological polar surface area (TPSA) is 49.9 Å². The van der Waals surface area contributed by atoms with Crippen molar-refractivity contribution in [3.8, 4) is 11.5 Å².